The Balaban J connectivity index is 1.72. The van der Waals surface area contributed by atoms with Crippen LogP contribution in [0.5, 0.6) is 0 Å². The summed E-state index contributed by atoms with van der Waals surface area (Å²) in [5.41, 5.74) is 6.25. The van der Waals surface area contributed by atoms with E-state index in [4.69, 9.17) is 5.73 Å². The molecule has 0 bridgehead atoms. The predicted octanol–water partition coefficient (Wildman–Crippen LogP) is -0.671. The maximum Gasteiger partial charge on any atom is 0.327 e. The molecule has 3 rings (SSSR count). The van der Waals surface area contributed by atoms with Crippen molar-refractivity contribution in [1.82, 2.24) is 20.9 Å². The minimum atomic E-state index is -1.13. The first-order valence-corrected chi connectivity index (χ1v) is 11.8. The maximum atomic E-state index is 13.2. The van der Waals surface area contributed by atoms with Crippen molar-refractivity contribution >= 4 is 41.4 Å². The number of carboxylic acids is 1. The van der Waals surface area contributed by atoms with Crippen LogP contribution in [0.4, 0.5) is 0 Å². The minimum Gasteiger partial charge on any atom is -0.480 e. The number of amides is 4. The molecular formula is C22H29N5O6S. The predicted molar refractivity (Wildman–Crippen MR) is 124 cm³/mol. The van der Waals surface area contributed by atoms with Crippen molar-refractivity contribution in [3.05, 3.63) is 35.9 Å². The molecule has 4 amide bonds. The number of hydrogen-bond donors (Lipinski definition) is 5. The molecule has 2 fully saturated rings. The maximum absolute atomic E-state index is 13.2. The number of thioether (sulfide) groups is 1. The van der Waals surface area contributed by atoms with Gasteiger partial charge in [0.25, 0.3) is 0 Å². The first-order valence-electron chi connectivity index (χ1n) is 10.9. The van der Waals surface area contributed by atoms with Crippen LogP contribution in [0.3, 0.4) is 0 Å². The van der Waals surface area contributed by atoms with Gasteiger partial charge in [0.05, 0.1) is 12.5 Å². The zero-order chi connectivity index (χ0) is 25.2. The van der Waals surface area contributed by atoms with Crippen molar-refractivity contribution in [3.63, 3.8) is 0 Å². The standard InChI is InChI=1S/C22H29N5O6S/c1-4-24-17(29)12(23)10-13(28)25-14(11-8-6-5-7-9-11)18(30)26-15-19(31)27-16(21(32)33)22(2,3)34-20(15)27/h5-9,12,14-16,20H,4,10,23H2,1-3H3,(H,24,29)(H,25,28)(H,26,30)(H,32,33). The topological polar surface area (TPSA) is 171 Å². The van der Waals surface area contributed by atoms with Gasteiger partial charge in [0.2, 0.25) is 23.6 Å². The highest BCUT2D eigenvalue weighted by atomic mass is 32.2. The number of carboxylic acid groups (broad SMARTS) is 1. The fourth-order valence-corrected chi connectivity index (χ4v) is 5.77. The molecule has 5 atom stereocenters. The van der Waals surface area contributed by atoms with Gasteiger partial charge in [-0.1, -0.05) is 30.3 Å². The number of nitrogens with two attached hydrogens (primary N) is 1. The average Bonchev–Trinajstić information content (AvgIpc) is 3.04. The van der Waals surface area contributed by atoms with E-state index >= 15 is 0 Å². The lowest BCUT2D eigenvalue weighted by molar-refractivity contribution is -0.161. The van der Waals surface area contributed by atoms with Crippen LogP contribution >= 0.6 is 11.8 Å². The lowest BCUT2D eigenvalue weighted by atomic mass is 9.95. The molecule has 2 aliphatic heterocycles. The summed E-state index contributed by atoms with van der Waals surface area (Å²) in [5, 5.41) is 16.8. The van der Waals surface area contributed by atoms with Gasteiger partial charge in [-0.2, -0.15) is 0 Å². The second kappa shape index (κ2) is 10.0. The van der Waals surface area contributed by atoms with Crippen LogP contribution in [0.2, 0.25) is 0 Å². The van der Waals surface area contributed by atoms with E-state index in [1.54, 1.807) is 51.1 Å². The lowest BCUT2D eigenvalue weighted by Crippen LogP contribution is -2.71. The van der Waals surface area contributed by atoms with E-state index < -0.39 is 63.9 Å². The summed E-state index contributed by atoms with van der Waals surface area (Å²) in [5.74, 6) is -3.29. The van der Waals surface area contributed by atoms with Gasteiger partial charge in [-0.05, 0) is 26.3 Å². The molecule has 2 aliphatic rings. The number of β-lactam (4-membered cyclic amide) rings is 1. The number of fused-ring (bicyclic) bond motifs is 1. The smallest absolute Gasteiger partial charge is 0.327 e. The molecule has 12 heteroatoms. The fraction of sp³-hybridized carbons (Fsp3) is 0.500. The van der Waals surface area contributed by atoms with Crippen LogP contribution in [-0.4, -0.2) is 74.4 Å². The highest BCUT2D eigenvalue weighted by molar-refractivity contribution is 8.01. The second-order valence-corrected chi connectivity index (χ2v) is 10.5. The quantitative estimate of drug-likeness (QED) is 0.283. The van der Waals surface area contributed by atoms with Crippen molar-refractivity contribution in [2.45, 2.75) is 61.5 Å². The number of benzene rings is 1. The molecule has 34 heavy (non-hydrogen) atoms. The minimum absolute atomic E-state index is 0.328. The molecule has 0 radical (unpaired) electrons. The number of rotatable bonds is 9. The van der Waals surface area contributed by atoms with E-state index in [1.165, 1.54) is 16.7 Å². The molecule has 2 saturated heterocycles. The van der Waals surface area contributed by atoms with Crippen LogP contribution in [0, 0.1) is 0 Å². The Hall–Kier alpha value is -3.12. The molecule has 0 saturated carbocycles. The first kappa shape index (κ1) is 25.5. The summed E-state index contributed by atoms with van der Waals surface area (Å²) < 4.78 is -0.728. The normalized spacial score (nSPS) is 24.3. The van der Waals surface area contributed by atoms with Crippen LogP contribution in [0.25, 0.3) is 0 Å². The summed E-state index contributed by atoms with van der Waals surface area (Å²) in [7, 11) is 0. The third-order valence-corrected chi connectivity index (χ3v) is 7.34. The van der Waals surface area contributed by atoms with Crippen LogP contribution in [0.15, 0.2) is 30.3 Å². The van der Waals surface area contributed by atoms with E-state index in [-0.39, 0.29) is 6.42 Å². The van der Waals surface area contributed by atoms with E-state index in [0.29, 0.717) is 12.1 Å². The zero-order valence-electron chi connectivity index (χ0n) is 19.1. The van der Waals surface area contributed by atoms with Crippen molar-refractivity contribution in [3.8, 4) is 0 Å². The molecule has 5 unspecified atom stereocenters. The van der Waals surface area contributed by atoms with Crippen molar-refractivity contribution < 1.29 is 29.1 Å². The molecule has 2 heterocycles. The number of likely N-dealkylation sites (N-methyl/N-ethyl adjacent to an activating group) is 1. The van der Waals surface area contributed by atoms with E-state index in [1.807, 2.05) is 0 Å². The van der Waals surface area contributed by atoms with Gasteiger partial charge in [0.15, 0.2) is 0 Å². The first-order chi connectivity index (χ1) is 16.0. The Morgan fingerprint density at radius 1 is 1.18 bits per heavy atom. The Morgan fingerprint density at radius 3 is 2.41 bits per heavy atom. The second-order valence-electron chi connectivity index (χ2n) is 8.70. The number of carbonyl (C=O) groups excluding carboxylic acids is 4. The van der Waals surface area contributed by atoms with Crippen molar-refractivity contribution in [2.24, 2.45) is 5.73 Å². The molecule has 6 N–H and O–H groups in total. The molecule has 0 aliphatic carbocycles. The summed E-state index contributed by atoms with van der Waals surface area (Å²) >= 11 is 1.31. The number of aliphatic carboxylic acids is 1. The van der Waals surface area contributed by atoms with E-state index in [0.717, 1.165) is 0 Å². The Kier molecular flexibility index (Phi) is 7.51. The summed E-state index contributed by atoms with van der Waals surface area (Å²) in [6, 6.07) is 4.33. The number of nitrogens with one attached hydrogen (secondary N) is 3. The van der Waals surface area contributed by atoms with E-state index in [2.05, 4.69) is 16.0 Å². The monoisotopic (exact) mass is 491 g/mol. The molecule has 1 aromatic carbocycles. The van der Waals surface area contributed by atoms with Gasteiger partial charge in [0.1, 0.15) is 23.5 Å². The summed E-state index contributed by atoms with van der Waals surface area (Å²) in [6.07, 6.45) is -0.328. The van der Waals surface area contributed by atoms with Crippen molar-refractivity contribution in [2.75, 3.05) is 6.54 Å². The molecule has 0 aromatic heterocycles. The molecule has 11 nitrogen and oxygen atoms in total. The largest absolute Gasteiger partial charge is 0.480 e. The average molecular weight is 492 g/mol. The number of carbonyl (C=O) groups is 5. The molecule has 184 valence electrons. The number of hydrogen-bond acceptors (Lipinski definition) is 7. The van der Waals surface area contributed by atoms with Gasteiger partial charge in [-0.15, -0.1) is 11.8 Å². The zero-order valence-corrected chi connectivity index (χ0v) is 19.9. The Bertz CT molecular complexity index is 987. The van der Waals surface area contributed by atoms with Crippen molar-refractivity contribution in [1.29, 1.82) is 0 Å². The van der Waals surface area contributed by atoms with E-state index in [9.17, 15) is 29.1 Å². The fourth-order valence-electron chi connectivity index (χ4n) is 4.15. The molecular weight excluding hydrogens is 462 g/mol. The summed E-state index contributed by atoms with van der Waals surface area (Å²) in [6.45, 7) is 5.58. The van der Waals surface area contributed by atoms with Gasteiger partial charge >= 0.3 is 5.97 Å². The van der Waals surface area contributed by atoms with Gasteiger partial charge < -0.3 is 31.7 Å². The van der Waals surface area contributed by atoms with Gasteiger partial charge in [-0.3, -0.25) is 19.2 Å². The Labute approximate surface area is 201 Å². The van der Waals surface area contributed by atoms with Crippen LogP contribution in [-0.2, 0) is 24.0 Å². The SMILES string of the molecule is CCNC(=O)C(N)CC(=O)NC(C(=O)NC1C(=O)N2C1SC(C)(C)C2C(=O)O)c1ccccc1. The molecule has 0 spiro atoms. The van der Waals surface area contributed by atoms with Gasteiger partial charge in [0, 0.05) is 11.3 Å². The van der Waals surface area contributed by atoms with Gasteiger partial charge in [-0.25, -0.2) is 4.79 Å². The third-order valence-electron chi connectivity index (χ3n) is 5.77. The number of nitrogens with zero attached hydrogens (tertiary/aromatic N) is 1. The Morgan fingerprint density at radius 2 is 1.82 bits per heavy atom. The lowest BCUT2D eigenvalue weighted by Gasteiger charge is -2.44. The van der Waals surface area contributed by atoms with Crippen LogP contribution in [0.1, 0.15) is 38.8 Å². The van der Waals surface area contributed by atoms with Crippen LogP contribution < -0.4 is 21.7 Å². The highest BCUT2D eigenvalue weighted by Gasteiger charge is 2.64. The molecule has 1 aromatic rings. The highest BCUT2D eigenvalue weighted by Crippen LogP contribution is 2.50. The third kappa shape index (κ3) is 5.02. The summed E-state index contributed by atoms with van der Waals surface area (Å²) in [4.78, 5) is 63.3.